The van der Waals surface area contributed by atoms with Crippen molar-refractivity contribution in [3.63, 3.8) is 0 Å². The maximum absolute atomic E-state index is 6.33. The Morgan fingerprint density at radius 1 is 0.816 bits per heavy atom. The van der Waals surface area contributed by atoms with E-state index in [2.05, 4.69) is 81.9 Å². The molecule has 38 heavy (non-hydrogen) atoms. The molecule has 0 amide bonds. The van der Waals surface area contributed by atoms with Crippen molar-refractivity contribution in [3.8, 4) is 28.1 Å². The third-order valence-corrected chi connectivity index (χ3v) is 8.68. The number of ether oxygens (including phenoxy) is 1. The van der Waals surface area contributed by atoms with Crippen molar-refractivity contribution < 1.29 is 4.74 Å². The SMILES string of the molecule is C[C@H]1CC[C@@H](c2ncc(-c3ccc4c(c3)COc3cc5c(ccc6[nH]c([C@@H]7CC[C@H](C)N7)nc65)cc3-4)[nH]2)N1. The van der Waals surface area contributed by atoms with Gasteiger partial charge in [0.2, 0.25) is 0 Å². The summed E-state index contributed by atoms with van der Waals surface area (Å²) in [6.45, 7) is 5.02. The molecule has 2 fully saturated rings. The van der Waals surface area contributed by atoms with Crippen LogP contribution in [0, 0.1) is 0 Å². The minimum absolute atomic E-state index is 0.298. The van der Waals surface area contributed by atoms with E-state index in [-0.39, 0.29) is 0 Å². The van der Waals surface area contributed by atoms with Crippen molar-refractivity contribution in [3.05, 3.63) is 65.9 Å². The second-order valence-corrected chi connectivity index (χ2v) is 11.4. The highest BCUT2D eigenvalue weighted by atomic mass is 16.5. The van der Waals surface area contributed by atoms with E-state index in [0.29, 0.717) is 30.8 Å². The Kier molecular flexibility index (Phi) is 4.94. The second-order valence-electron chi connectivity index (χ2n) is 11.4. The molecule has 2 saturated heterocycles. The van der Waals surface area contributed by atoms with Gasteiger partial charge in [0.15, 0.2) is 0 Å². The average Bonchev–Trinajstić information content (AvgIpc) is 3.73. The van der Waals surface area contributed by atoms with Crippen LogP contribution >= 0.6 is 0 Å². The summed E-state index contributed by atoms with van der Waals surface area (Å²) < 4.78 is 6.33. The first kappa shape index (κ1) is 22.3. The summed E-state index contributed by atoms with van der Waals surface area (Å²) >= 11 is 0. The van der Waals surface area contributed by atoms with Crippen molar-refractivity contribution in [1.29, 1.82) is 0 Å². The van der Waals surface area contributed by atoms with E-state index in [0.717, 1.165) is 63.5 Å². The summed E-state index contributed by atoms with van der Waals surface area (Å²) in [6, 6.07) is 17.1. The Bertz CT molecular complexity index is 1700. The summed E-state index contributed by atoms with van der Waals surface area (Å²) in [5.41, 5.74) is 7.86. The monoisotopic (exact) mass is 504 g/mol. The highest BCUT2D eigenvalue weighted by molar-refractivity contribution is 6.07. The van der Waals surface area contributed by atoms with Crippen molar-refractivity contribution in [1.82, 2.24) is 30.6 Å². The van der Waals surface area contributed by atoms with Crippen molar-refractivity contribution in [2.75, 3.05) is 0 Å². The predicted octanol–water partition coefficient (Wildman–Crippen LogP) is 6.29. The topological polar surface area (TPSA) is 90.7 Å². The molecule has 5 heterocycles. The number of benzene rings is 3. The Hall–Kier alpha value is -3.68. The van der Waals surface area contributed by atoms with E-state index < -0.39 is 0 Å². The van der Waals surface area contributed by atoms with Gasteiger partial charge in [0.1, 0.15) is 24.0 Å². The molecule has 8 rings (SSSR count). The molecule has 192 valence electrons. The number of hydrogen-bond donors (Lipinski definition) is 4. The van der Waals surface area contributed by atoms with Crippen LogP contribution in [-0.2, 0) is 6.61 Å². The molecule has 2 aromatic heterocycles. The lowest BCUT2D eigenvalue weighted by atomic mass is 9.92. The number of nitrogens with zero attached hydrogens (tertiary/aromatic N) is 2. The molecule has 0 unspecified atom stereocenters. The van der Waals surface area contributed by atoms with Crippen LogP contribution in [0.4, 0.5) is 0 Å². The van der Waals surface area contributed by atoms with E-state index in [4.69, 9.17) is 9.72 Å². The fraction of sp³-hybridized carbons (Fsp3) is 0.355. The first-order chi connectivity index (χ1) is 18.6. The van der Waals surface area contributed by atoms with Crippen LogP contribution in [0.15, 0.2) is 48.7 Å². The molecule has 0 aliphatic carbocycles. The molecule has 7 heteroatoms. The third-order valence-electron chi connectivity index (χ3n) is 8.68. The van der Waals surface area contributed by atoms with Crippen LogP contribution in [0.3, 0.4) is 0 Å². The molecule has 0 saturated carbocycles. The molecule has 5 aromatic rings. The molecular weight excluding hydrogens is 472 g/mol. The number of nitrogens with one attached hydrogen (secondary N) is 4. The van der Waals surface area contributed by atoms with E-state index in [1.165, 1.54) is 29.4 Å². The first-order valence-corrected chi connectivity index (χ1v) is 13.9. The number of hydrogen-bond acceptors (Lipinski definition) is 5. The summed E-state index contributed by atoms with van der Waals surface area (Å²) in [5.74, 6) is 2.99. The fourth-order valence-electron chi connectivity index (χ4n) is 6.58. The summed E-state index contributed by atoms with van der Waals surface area (Å²) in [5, 5.41) is 9.57. The molecule has 0 radical (unpaired) electrons. The van der Waals surface area contributed by atoms with Gasteiger partial charge < -0.3 is 25.3 Å². The zero-order chi connectivity index (χ0) is 25.4. The van der Waals surface area contributed by atoms with Gasteiger partial charge in [-0.2, -0.15) is 0 Å². The number of aromatic amines is 2. The first-order valence-electron chi connectivity index (χ1n) is 13.9. The molecule has 3 aliphatic heterocycles. The minimum atomic E-state index is 0.298. The maximum atomic E-state index is 6.33. The summed E-state index contributed by atoms with van der Waals surface area (Å²) in [6.07, 6.45) is 6.57. The summed E-state index contributed by atoms with van der Waals surface area (Å²) in [7, 11) is 0. The molecule has 0 bridgehead atoms. The van der Waals surface area contributed by atoms with Crippen LogP contribution in [0.2, 0.25) is 0 Å². The Morgan fingerprint density at radius 3 is 2.42 bits per heavy atom. The van der Waals surface area contributed by atoms with Gasteiger partial charge in [0.25, 0.3) is 0 Å². The van der Waals surface area contributed by atoms with E-state index in [9.17, 15) is 0 Å². The van der Waals surface area contributed by atoms with Crippen LogP contribution in [0.1, 0.15) is 68.8 Å². The zero-order valence-corrected chi connectivity index (χ0v) is 21.8. The number of aromatic nitrogens is 4. The van der Waals surface area contributed by atoms with Gasteiger partial charge in [-0.3, -0.25) is 0 Å². The smallest absolute Gasteiger partial charge is 0.128 e. The molecule has 0 spiro atoms. The molecule has 3 aliphatic rings. The second kappa shape index (κ2) is 8.41. The van der Waals surface area contributed by atoms with Gasteiger partial charge in [0, 0.05) is 23.0 Å². The van der Waals surface area contributed by atoms with Crippen LogP contribution in [0.5, 0.6) is 5.75 Å². The lowest BCUT2D eigenvalue weighted by molar-refractivity contribution is 0.303. The highest BCUT2D eigenvalue weighted by Gasteiger charge is 2.26. The number of fused-ring (bicyclic) bond motifs is 6. The lowest BCUT2D eigenvalue weighted by Gasteiger charge is -2.22. The van der Waals surface area contributed by atoms with Crippen LogP contribution in [-0.4, -0.2) is 32.0 Å². The Labute approximate surface area is 221 Å². The normalized spacial score (nSPS) is 24.6. The van der Waals surface area contributed by atoms with Crippen molar-refractivity contribution in [2.24, 2.45) is 0 Å². The maximum Gasteiger partial charge on any atom is 0.128 e. The molecule has 7 nitrogen and oxygen atoms in total. The van der Waals surface area contributed by atoms with Crippen molar-refractivity contribution in [2.45, 2.75) is 70.3 Å². The third kappa shape index (κ3) is 3.56. The largest absolute Gasteiger partial charge is 0.488 e. The Morgan fingerprint density at radius 2 is 1.63 bits per heavy atom. The minimum Gasteiger partial charge on any atom is -0.488 e. The van der Waals surface area contributed by atoms with Gasteiger partial charge in [-0.1, -0.05) is 18.2 Å². The number of H-pyrrole nitrogens is 2. The number of imidazole rings is 2. The van der Waals surface area contributed by atoms with Gasteiger partial charge in [-0.25, -0.2) is 9.97 Å². The highest BCUT2D eigenvalue weighted by Crippen LogP contribution is 2.43. The molecule has 4 N–H and O–H groups in total. The van der Waals surface area contributed by atoms with Gasteiger partial charge in [-0.15, -0.1) is 0 Å². The predicted molar refractivity (Wildman–Crippen MR) is 150 cm³/mol. The molecule has 4 atom stereocenters. The van der Waals surface area contributed by atoms with Gasteiger partial charge >= 0.3 is 0 Å². The summed E-state index contributed by atoms with van der Waals surface area (Å²) in [4.78, 5) is 16.8. The standard InChI is InChI=1S/C31H32N6O/c1-16-3-8-25(33-16)30-32-14-27(36-30)19-5-7-21-20(11-19)15-38-28-13-22-18(12-23(21)28)6-10-24-29(22)37-31(35-24)26-9-4-17(2)34-26/h5-7,10-14,16-17,25-26,33-34H,3-4,8-9,15H2,1-2H3,(H,32,36)(H,35,37)/t16-,17-,25-,26-/m0/s1. The van der Waals surface area contributed by atoms with Crippen molar-refractivity contribution >= 4 is 21.8 Å². The molecule has 3 aromatic carbocycles. The lowest BCUT2D eigenvalue weighted by Crippen LogP contribution is -2.21. The van der Waals surface area contributed by atoms with Gasteiger partial charge in [-0.05, 0) is 85.9 Å². The van der Waals surface area contributed by atoms with Crippen LogP contribution < -0.4 is 15.4 Å². The molecular formula is C31H32N6O. The van der Waals surface area contributed by atoms with Crippen LogP contribution in [0.25, 0.3) is 44.2 Å². The quantitative estimate of drug-likeness (QED) is 0.232. The van der Waals surface area contributed by atoms with Gasteiger partial charge in [0.05, 0.1) is 35.0 Å². The van der Waals surface area contributed by atoms with E-state index in [1.54, 1.807) is 0 Å². The van der Waals surface area contributed by atoms with E-state index in [1.807, 2.05) is 6.20 Å². The average molecular weight is 505 g/mol. The van der Waals surface area contributed by atoms with E-state index >= 15 is 0 Å². The number of rotatable bonds is 3. The zero-order valence-electron chi connectivity index (χ0n) is 21.8. The Balaban J connectivity index is 1.14. The fourth-order valence-corrected chi connectivity index (χ4v) is 6.58.